The molecule has 0 unspecified atom stereocenters. The van der Waals surface area contributed by atoms with Crippen LogP contribution in [0, 0.1) is 0 Å². The summed E-state index contributed by atoms with van der Waals surface area (Å²) in [6, 6.07) is 14.6. The Morgan fingerprint density at radius 2 is 1.86 bits per heavy atom. The van der Waals surface area contributed by atoms with Crippen LogP contribution in [0.25, 0.3) is 0 Å². The Morgan fingerprint density at radius 1 is 1.11 bits per heavy atom. The maximum Gasteiger partial charge on any atom is 0.410 e. The summed E-state index contributed by atoms with van der Waals surface area (Å²) < 4.78 is 15.6. The van der Waals surface area contributed by atoms with E-state index in [0.717, 1.165) is 17.5 Å². The number of cyclic esters (lactones) is 1. The minimum atomic E-state index is -0.656. The monoisotopic (exact) mass is 384 g/mol. The van der Waals surface area contributed by atoms with E-state index in [-0.39, 0.29) is 19.1 Å². The number of rotatable bonds is 8. The summed E-state index contributed by atoms with van der Waals surface area (Å²) >= 11 is 0. The van der Waals surface area contributed by atoms with Gasteiger partial charge in [-0.25, -0.2) is 4.79 Å². The largest absolute Gasteiger partial charge is 0.493 e. The molecule has 0 radical (unpaired) electrons. The molecule has 3 rings (SSSR count). The Bertz CT molecular complexity index is 825. The van der Waals surface area contributed by atoms with Gasteiger partial charge >= 0.3 is 6.09 Å². The van der Waals surface area contributed by atoms with Crippen LogP contribution in [0.3, 0.4) is 0 Å². The zero-order valence-corrected chi connectivity index (χ0v) is 16.0. The normalized spacial score (nSPS) is 15.9. The molecule has 1 aliphatic heterocycles. The van der Waals surface area contributed by atoms with Gasteiger partial charge in [0.15, 0.2) is 11.5 Å². The number of benzene rings is 2. The van der Waals surface area contributed by atoms with E-state index < -0.39 is 12.1 Å². The van der Waals surface area contributed by atoms with Gasteiger partial charge in [-0.3, -0.25) is 9.69 Å². The van der Waals surface area contributed by atoms with Gasteiger partial charge in [0.25, 0.3) is 0 Å². The van der Waals surface area contributed by atoms with Gasteiger partial charge in [-0.15, -0.1) is 0 Å². The molecular formula is C21H24N2O5. The molecule has 1 N–H and O–H groups in total. The lowest BCUT2D eigenvalue weighted by molar-refractivity contribution is -0.124. The van der Waals surface area contributed by atoms with Gasteiger partial charge in [0.05, 0.1) is 20.8 Å². The highest BCUT2D eigenvalue weighted by Gasteiger charge is 2.37. The van der Waals surface area contributed by atoms with Crippen molar-refractivity contribution in [2.75, 3.05) is 27.4 Å². The van der Waals surface area contributed by atoms with E-state index >= 15 is 0 Å². The molecule has 1 atom stereocenters. The van der Waals surface area contributed by atoms with Crippen molar-refractivity contribution in [1.29, 1.82) is 0 Å². The van der Waals surface area contributed by atoms with Crippen LogP contribution in [-0.4, -0.2) is 50.3 Å². The molecule has 1 aliphatic rings. The molecule has 2 amide bonds. The molecule has 1 saturated heterocycles. The molecule has 0 saturated carbocycles. The van der Waals surface area contributed by atoms with Crippen LogP contribution in [0.5, 0.6) is 11.5 Å². The number of carbonyl (C=O) groups excluding carboxylic acids is 2. The number of nitrogens with one attached hydrogen (secondary N) is 1. The number of methoxy groups -OCH3 is 2. The van der Waals surface area contributed by atoms with Crippen molar-refractivity contribution in [2.45, 2.75) is 19.0 Å². The zero-order chi connectivity index (χ0) is 19.9. The van der Waals surface area contributed by atoms with Crippen molar-refractivity contribution in [3.05, 3.63) is 59.7 Å². The van der Waals surface area contributed by atoms with Gasteiger partial charge in [-0.05, 0) is 29.7 Å². The van der Waals surface area contributed by atoms with Gasteiger partial charge in [0.1, 0.15) is 12.6 Å². The van der Waals surface area contributed by atoms with Crippen molar-refractivity contribution < 1.29 is 23.8 Å². The molecule has 0 bridgehead atoms. The lowest BCUT2D eigenvalue weighted by atomic mass is 10.1. The van der Waals surface area contributed by atoms with E-state index in [9.17, 15) is 9.59 Å². The second kappa shape index (κ2) is 9.12. The Hall–Kier alpha value is -3.22. The number of nitrogens with zero attached hydrogens (tertiary/aromatic N) is 1. The maximum atomic E-state index is 12.6. The van der Waals surface area contributed by atoms with E-state index in [1.807, 2.05) is 36.4 Å². The van der Waals surface area contributed by atoms with Crippen molar-refractivity contribution >= 4 is 12.0 Å². The van der Waals surface area contributed by atoms with E-state index in [2.05, 4.69) is 5.32 Å². The molecule has 2 aromatic rings. The SMILES string of the molecule is COc1ccc(CN2C(=O)OC[C@H]2C(=O)NCCc2ccccc2)cc1OC. The Morgan fingerprint density at radius 3 is 2.57 bits per heavy atom. The average molecular weight is 384 g/mol. The third-order valence-electron chi connectivity index (χ3n) is 4.63. The lowest BCUT2D eigenvalue weighted by Crippen LogP contribution is -2.45. The minimum Gasteiger partial charge on any atom is -0.493 e. The molecule has 28 heavy (non-hydrogen) atoms. The summed E-state index contributed by atoms with van der Waals surface area (Å²) in [5.74, 6) is 0.948. The molecular weight excluding hydrogens is 360 g/mol. The summed E-state index contributed by atoms with van der Waals surface area (Å²) in [5.41, 5.74) is 1.96. The molecule has 1 fully saturated rings. The highest BCUT2D eigenvalue weighted by molar-refractivity contribution is 5.87. The number of amides is 2. The summed E-state index contributed by atoms with van der Waals surface area (Å²) in [4.78, 5) is 26.1. The van der Waals surface area contributed by atoms with Crippen LogP contribution in [0.4, 0.5) is 4.79 Å². The molecule has 0 spiro atoms. The molecule has 0 aliphatic carbocycles. The van der Waals surface area contributed by atoms with Crippen LogP contribution in [0.1, 0.15) is 11.1 Å². The first-order chi connectivity index (χ1) is 13.6. The summed E-state index contributed by atoms with van der Waals surface area (Å²) in [7, 11) is 3.11. The van der Waals surface area contributed by atoms with Gasteiger partial charge in [-0.1, -0.05) is 36.4 Å². The minimum absolute atomic E-state index is 0.0449. The number of carbonyl (C=O) groups is 2. The van der Waals surface area contributed by atoms with Crippen molar-refractivity contribution in [2.24, 2.45) is 0 Å². The Balaban J connectivity index is 1.61. The first-order valence-electron chi connectivity index (χ1n) is 9.08. The van der Waals surface area contributed by atoms with Crippen LogP contribution < -0.4 is 14.8 Å². The second-order valence-electron chi connectivity index (χ2n) is 6.44. The number of hydrogen-bond acceptors (Lipinski definition) is 5. The van der Waals surface area contributed by atoms with Crippen LogP contribution in [0.15, 0.2) is 48.5 Å². The predicted molar refractivity (Wildman–Crippen MR) is 103 cm³/mol. The molecule has 2 aromatic carbocycles. The third-order valence-corrected chi connectivity index (χ3v) is 4.63. The fourth-order valence-electron chi connectivity index (χ4n) is 3.11. The molecule has 148 valence electrons. The third kappa shape index (κ3) is 4.54. The summed E-state index contributed by atoms with van der Waals surface area (Å²) in [6.45, 7) is 0.789. The van der Waals surface area contributed by atoms with E-state index in [0.29, 0.717) is 18.0 Å². The Kier molecular flexibility index (Phi) is 6.37. The molecule has 0 aromatic heterocycles. The lowest BCUT2D eigenvalue weighted by Gasteiger charge is -2.21. The van der Waals surface area contributed by atoms with E-state index in [4.69, 9.17) is 14.2 Å². The molecule has 1 heterocycles. The second-order valence-corrected chi connectivity index (χ2v) is 6.44. The summed E-state index contributed by atoms with van der Waals surface area (Å²) in [5, 5.41) is 2.89. The number of hydrogen-bond donors (Lipinski definition) is 1. The van der Waals surface area contributed by atoms with Crippen molar-refractivity contribution in [3.63, 3.8) is 0 Å². The maximum absolute atomic E-state index is 12.6. The summed E-state index contributed by atoms with van der Waals surface area (Å²) in [6.07, 6.45) is 0.224. The highest BCUT2D eigenvalue weighted by Crippen LogP contribution is 2.29. The molecule has 7 nitrogen and oxygen atoms in total. The fourth-order valence-corrected chi connectivity index (χ4v) is 3.11. The average Bonchev–Trinajstić information content (AvgIpc) is 3.09. The topological polar surface area (TPSA) is 77.1 Å². The van der Waals surface area contributed by atoms with Gasteiger partial charge in [-0.2, -0.15) is 0 Å². The van der Waals surface area contributed by atoms with Crippen molar-refractivity contribution in [3.8, 4) is 11.5 Å². The quantitative estimate of drug-likeness (QED) is 0.756. The smallest absolute Gasteiger partial charge is 0.410 e. The van der Waals surface area contributed by atoms with Crippen LogP contribution in [0.2, 0.25) is 0 Å². The molecule has 7 heteroatoms. The zero-order valence-electron chi connectivity index (χ0n) is 16.0. The van der Waals surface area contributed by atoms with E-state index in [1.165, 1.54) is 4.90 Å². The van der Waals surface area contributed by atoms with Crippen LogP contribution in [-0.2, 0) is 22.5 Å². The van der Waals surface area contributed by atoms with Gasteiger partial charge in [0, 0.05) is 6.54 Å². The Labute approximate surface area is 164 Å². The van der Waals surface area contributed by atoms with Crippen LogP contribution >= 0.6 is 0 Å². The first kappa shape index (κ1) is 19.5. The standard InChI is InChI=1S/C21H24N2O5/c1-26-18-9-8-16(12-19(18)27-2)13-23-17(14-28-21(23)25)20(24)22-11-10-15-6-4-3-5-7-15/h3-9,12,17H,10-11,13-14H2,1-2H3,(H,22,24)/t17-/m0/s1. The van der Waals surface area contributed by atoms with Gasteiger partial charge < -0.3 is 19.5 Å². The van der Waals surface area contributed by atoms with Crippen molar-refractivity contribution in [1.82, 2.24) is 10.2 Å². The first-order valence-corrected chi connectivity index (χ1v) is 9.08. The fraction of sp³-hybridized carbons (Fsp3) is 0.333. The highest BCUT2D eigenvalue weighted by atomic mass is 16.6. The van der Waals surface area contributed by atoms with Gasteiger partial charge in [0.2, 0.25) is 5.91 Å². The number of ether oxygens (including phenoxy) is 3. The predicted octanol–water partition coefficient (Wildman–Crippen LogP) is 2.38. The van der Waals surface area contributed by atoms with E-state index in [1.54, 1.807) is 26.4 Å².